The van der Waals surface area contributed by atoms with Crippen molar-refractivity contribution in [3.05, 3.63) is 36.0 Å². The van der Waals surface area contributed by atoms with Crippen LogP contribution >= 0.6 is 0 Å². The van der Waals surface area contributed by atoms with Gasteiger partial charge in [0.25, 0.3) is 0 Å². The summed E-state index contributed by atoms with van der Waals surface area (Å²) in [7, 11) is 0. The van der Waals surface area contributed by atoms with Crippen molar-refractivity contribution in [1.82, 2.24) is 10.3 Å². The van der Waals surface area contributed by atoms with Gasteiger partial charge in [0.2, 0.25) is 5.91 Å². The first-order valence-electron chi connectivity index (χ1n) is 11.0. The lowest BCUT2D eigenvalue weighted by atomic mass is 9.48. The third kappa shape index (κ3) is 3.19. The van der Waals surface area contributed by atoms with Crippen LogP contribution in [0.1, 0.15) is 63.9 Å². The minimum atomic E-state index is 0.248. The molecular weight excluding hydrogens is 332 g/mol. The number of H-pyrrole nitrogens is 1. The SMILES string of the molecule is CC(NC(=O)CCCc1c[nH]c2ccccc12)C12CC3CC(CC(C3)C1)C2. The van der Waals surface area contributed by atoms with Gasteiger partial charge in [-0.3, -0.25) is 4.79 Å². The molecule has 4 aliphatic rings. The maximum atomic E-state index is 12.6. The standard InChI is InChI=1S/C24H32N2O/c1-16(24-12-17-9-18(13-24)11-19(10-17)14-24)26-23(27)8-4-5-20-15-25-22-7-3-2-6-21(20)22/h2-3,6-7,15-19,25H,4-5,8-14H2,1H3,(H,26,27). The Bertz CT molecular complexity index is 800. The Morgan fingerprint density at radius 3 is 2.52 bits per heavy atom. The first kappa shape index (κ1) is 17.3. The van der Waals surface area contributed by atoms with E-state index in [0.29, 0.717) is 17.9 Å². The van der Waals surface area contributed by atoms with Crippen LogP contribution in [0.2, 0.25) is 0 Å². The highest BCUT2D eigenvalue weighted by Gasteiger charge is 2.53. The molecule has 2 aromatic rings. The summed E-state index contributed by atoms with van der Waals surface area (Å²) in [5.41, 5.74) is 2.92. The summed E-state index contributed by atoms with van der Waals surface area (Å²) in [6, 6.07) is 8.75. The molecule has 6 rings (SSSR count). The van der Waals surface area contributed by atoms with Gasteiger partial charge in [-0.05, 0) is 93.1 Å². The van der Waals surface area contributed by atoms with Crippen molar-refractivity contribution in [3.8, 4) is 0 Å². The lowest BCUT2D eigenvalue weighted by molar-refractivity contribution is -0.126. The molecule has 4 aliphatic carbocycles. The highest BCUT2D eigenvalue weighted by atomic mass is 16.1. The molecule has 0 spiro atoms. The zero-order chi connectivity index (χ0) is 18.4. The summed E-state index contributed by atoms with van der Waals surface area (Å²) in [4.78, 5) is 16.0. The van der Waals surface area contributed by atoms with Crippen LogP contribution < -0.4 is 5.32 Å². The fourth-order valence-electron chi connectivity index (χ4n) is 6.95. The second-order valence-electron chi connectivity index (χ2n) is 9.78. The van der Waals surface area contributed by atoms with Crippen LogP contribution in [0.25, 0.3) is 10.9 Å². The van der Waals surface area contributed by atoms with Crippen molar-refractivity contribution in [3.63, 3.8) is 0 Å². The fraction of sp³-hybridized carbons (Fsp3) is 0.625. The van der Waals surface area contributed by atoms with E-state index in [1.165, 1.54) is 55.0 Å². The van der Waals surface area contributed by atoms with Gasteiger partial charge in [-0.1, -0.05) is 18.2 Å². The van der Waals surface area contributed by atoms with Crippen LogP contribution in [0.15, 0.2) is 30.5 Å². The quantitative estimate of drug-likeness (QED) is 0.726. The number of fused-ring (bicyclic) bond motifs is 1. The maximum Gasteiger partial charge on any atom is 0.220 e. The molecule has 1 heterocycles. The Kier molecular flexibility index (Phi) is 4.29. The zero-order valence-corrected chi connectivity index (χ0v) is 16.5. The molecular formula is C24H32N2O. The number of hydrogen-bond donors (Lipinski definition) is 2. The molecule has 1 aromatic heterocycles. The van der Waals surface area contributed by atoms with Crippen molar-refractivity contribution in [2.24, 2.45) is 23.2 Å². The number of rotatable bonds is 6. The summed E-state index contributed by atoms with van der Waals surface area (Å²) < 4.78 is 0. The zero-order valence-electron chi connectivity index (χ0n) is 16.5. The average Bonchev–Trinajstić information content (AvgIpc) is 3.04. The van der Waals surface area contributed by atoms with Crippen LogP contribution in [0, 0.1) is 23.2 Å². The van der Waals surface area contributed by atoms with Crippen LogP contribution in [0.3, 0.4) is 0 Å². The summed E-state index contributed by atoms with van der Waals surface area (Å²) in [6.45, 7) is 2.28. The smallest absolute Gasteiger partial charge is 0.220 e. The third-order valence-corrected chi connectivity index (χ3v) is 7.91. The Balaban J connectivity index is 1.15. The van der Waals surface area contributed by atoms with Gasteiger partial charge in [0, 0.05) is 29.6 Å². The first-order chi connectivity index (χ1) is 13.1. The number of aryl methyl sites for hydroxylation is 1. The van der Waals surface area contributed by atoms with Crippen molar-refractivity contribution in [1.29, 1.82) is 0 Å². The first-order valence-corrected chi connectivity index (χ1v) is 11.0. The van der Waals surface area contributed by atoms with Gasteiger partial charge in [-0.25, -0.2) is 0 Å². The molecule has 4 saturated carbocycles. The third-order valence-electron chi connectivity index (χ3n) is 7.91. The highest BCUT2D eigenvalue weighted by molar-refractivity contribution is 5.83. The molecule has 1 unspecified atom stereocenters. The van der Waals surface area contributed by atoms with Crippen molar-refractivity contribution in [2.75, 3.05) is 0 Å². The van der Waals surface area contributed by atoms with Gasteiger partial charge in [-0.2, -0.15) is 0 Å². The molecule has 4 fully saturated rings. The molecule has 1 atom stereocenters. The molecule has 4 bridgehead atoms. The average molecular weight is 365 g/mol. The number of hydrogen-bond acceptors (Lipinski definition) is 1. The van der Waals surface area contributed by atoms with Gasteiger partial charge in [-0.15, -0.1) is 0 Å². The molecule has 3 nitrogen and oxygen atoms in total. The molecule has 3 heteroatoms. The van der Waals surface area contributed by atoms with E-state index < -0.39 is 0 Å². The largest absolute Gasteiger partial charge is 0.361 e. The predicted octanol–water partition coefficient (Wildman–Crippen LogP) is 5.21. The van der Waals surface area contributed by atoms with E-state index in [9.17, 15) is 4.79 Å². The molecule has 0 saturated heterocycles. The Labute approximate surface area is 162 Å². The maximum absolute atomic E-state index is 12.6. The molecule has 144 valence electrons. The van der Waals surface area contributed by atoms with Crippen LogP contribution in [0.4, 0.5) is 0 Å². The van der Waals surface area contributed by atoms with Crippen molar-refractivity contribution >= 4 is 16.8 Å². The van der Waals surface area contributed by atoms with E-state index in [0.717, 1.165) is 30.6 Å². The monoisotopic (exact) mass is 364 g/mol. The minimum absolute atomic E-state index is 0.248. The molecule has 1 aromatic carbocycles. The molecule has 0 radical (unpaired) electrons. The number of aromatic nitrogens is 1. The lowest BCUT2D eigenvalue weighted by Gasteiger charge is -2.59. The predicted molar refractivity (Wildman–Crippen MR) is 109 cm³/mol. The number of aromatic amines is 1. The van der Waals surface area contributed by atoms with E-state index in [4.69, 9.17) is 0 Å². The fourth-order valence-corrected chi connectivity index (χ4v) is 6.95. The number of amides is 1. The lowest BCUT2D eigenvalue weighted by Crippen LogP contribution is -2.55. The summed E-state index contributed by atoms with van der Waals surface area (Å²) in [5.74, 6) is 3.07. The summed E-state index contributed by atoms with van der Waals surface area (Å²) >= 11 is 0. The van der Waals surface area contributed by atoms with Crippen LogP contribution in [0.5, 0.6) is 0 Å². The van der Waals surface area contributed by atoms with Gasteiger partial charge in [0.1, 0.15) is 0 Å². The Morgan fingerprint density at radius 2 is 1.81 bits per heavy atom. The summed E-state index contributed by atoms with van der Waals surface area (Å²) in [6.07, 6.45) is 13.1. The van der Waals surface area contributed by atoms with Gasteiger partial charge in [0.05, 0.1) is 0 Å². The van der Waals surface area contributed by atoms with E-state index in [1.807, 2.05) is 0 Å². The van der Waals surface area contributed by atoms with E-state index in [2.05, 4.69) is 47.7 Å². The number of para-hydroxylation sites is 1. The second-order valence-corrected chi connectivity index (χ2v) is 9.78. The Morgan fingerprint density at radius 1 is 1.15 bits per heavy atom. The second kappa shape index (κ2) is 6.68. The van der Waals surface area contributed by atoms with Crippen LogP contribution in [-0.2, 0) is 11.2 Å². The van der Waals surface area contributed by atoms with Crippen LogP contribution in [-0.4, -0.2) is 16.9 Å². The molecule has 0 aliphatic heterocycles. The number of nitrogens with one attached hydrogen (secondary N) is 2. The van der Waals surface area contributed by atoms with E-state index in [1.54, 1.807) is 0 Å². The molecule has 2 N–H and O–H groups in total. The number of benzene rings is 1. The van der Waals surface area contributed by atoms with Gasteiger partial charge in [0.15, 0.2) is 0 Å². The number of carbonyl (C=O) groups excluding carboxylic acids is 1. The topological polar surface area (TPSA) is 44.9 Å². The molecule has 1 amide bonds. The molecule has 27 heavy (non-hydrogen) atoms. The van der Waals surface area contributed by atoms with Gasteiger partial charge < -0.3 is 10.3 Å². The van der Waals surface area contributed by atoms with E-state index in [-0.39, 0.29) is 5.91 Å². The summed E-state index contributed by atoms with van der Waals surface area (Å²) in [5, 5.41) is 4.70. The minimum Gasteiger partial charge on any atom is -0.361 e. The normalized spacial score (nSPS) is 32.7. The van der Waals surface area contributed by atoms with Gasteiger partial charge >= 0.3 is 0 Å². The van der Waals surface area contributed by atoms with Crippen molar-refractivity contribution < 1.29 is 4.79 Å². The van der Waals surface area contributed by atoms with Crippen molar-refractivity contribution in [2.45, 2.75) is 70.8 Å². The Hall–Kier alpha value is -1.77. The van der Waals surface area contributed by atoms with E-state index >= 15 is 0 Å². The highest BCUT2D eigenvalue weighted by Crippen LogP contribution is 2.61. The number of carbonyl (C=O) groups is 1.